The number of furan rings is 1. The van der Waals surface area contributed by atoms with E-state index >= 15 is 0 Å². The number of aromatic nitrogens is 5. The number of amides is 1. The van der Waals surface area contributed by atoms with Crippen LogP contribution in [0.2, 0.25) is 0 Å². The molecule has 0 N–H and O–H groups in total. The van der Waals surface area contributed by atoms with Crippen LogP contribution in [0.1, 0.15) is 18.5 Å². The highest BCUT2D eigenvalue weighted by atomic mass is 16.3. The lowest BCUT2D eigenvalue weighted by molar-refractivity contribution is -0.107. The van der Waals surface area contributed by atoms with Gasteiger partial charge in [0.2, 0.25) is 6.41 Å². The first-order valence-corrected chi connectivity index (χ1v) is 8.98. The van der Waals surface area contributed by atoms with Crippen molar-refractivity contribution in [2.24, 2.45) is 0 Å². The summed E-state index contributed by atoms with van der Waals surface area (Å²) in [6.07, 6.45) is 5.79. The minimum Gasteiger partial charge on any atom is -0.463 e. The molecule has 3 aromatic heterocycles. The highest BCUT2D eigenvalue weighted by Gasteiger charge is 2.32. The fraction of sp³-hybridized carbons (Fsp3) is 0.200. The van der Waals surface area contributed by atoms with Crippen LogP contribution in [0, 0.1) is 6.92 Å². The van der Waals surface area contributed by atoms with Crippen molar-refractivity contribution in [3.63, 3.8) is 0 Å². The van der Waals surface area contributed by atoms with E-state index in [4.69, 9.17) is 4.42 Å². The van der Waals surface area contributed by atoms with Crippen LogP contribution in [0.25, 0.3) is 33.6 Å². The predicted molar refractivity (Wildman–Crippen MR) is 102 cm³/mol. The molecule has 8 nitrogen and oxygen atoms in total. The van der Waals surface area contributed by atoms with Crippen LogP contribution in [0.15, 0.2) is 47.3 Å². The van der Waals surface area contributed by atoms with Crippen LogP contribution in [-0.2, 0) is 4.79 Å². The molecule has 1 aliphatic rings. The second-order valence-corrected chi connectivity index (χ2v) is 6.72. The third-order valence-corrected chi connectivity index (χ3v) is 4.82. The van der Waals surface area contributed by atoms with Crippen molar-refractivity contribution in [2.75, 3.05) is 4.90 Å². The third-order valence-electron chi connectivity index (χ3n) is 4.82. The molecule has 3 heterocycles. The Kier molecular flexibility index (Phi) is 3.82. The first kappa shape index (κ1) is 16.5. The zero-order valence-electron chi connectivity index (χ0n) is 15.1. The minimum atomic E-state index is 0.148. The molecule has 0 spiro atoms. The highest BCUT2D eigenvalue weighted by molar-refractivity contribution is 5.88. The topological polar surface area (TPSA) is 97.9 Å². The summed E-state index contributed by atoms with van der Waals surface area (Å²) in [5, 5.41) is 9.56. The van der Waals surface area contributed by atoms with Gasteiger partial charge in [-0.2, -0.15) is 0 Å². The van der Waals surface area contributed by atoms with Gasteiger partial charge in [0.25, 0.3) is 5.95 Å². The Morgan fingerprint density at radius 2 is 2.04 bits per heavy atom. The zero-order chi connectivity index (χ0) is 19.1. The number of hydrogen-bond acceptors (Lipinski definition) is 7. The van der Waals surface area contributed by atoms with E-state index in [9.17, 15) is 4.79 Å². The molecule has 1 amide bonds. The van der Waals surface area contributed by atoms with Crippen LogP contribution in [0.4, 0.5) is 5.95 Å². The molecule has 1 saturated carbocycles. The SMILES string of the molecule is Cc1ncnc2ccc(-c3nnc(N(C=O)C4CC4)nc3-c3ccco3)cc12. The van der Waals surface area contributed by atoms with Crippen LogP contribution < -0.4 is 4.90 Å². The molecule has 8 heteroatoms. The summed E-state index contributed by atoms with van der Waals surface area (Å²) in [5.41, 5.74) is 3.67. The van der Waals surface area contributed by atoms with Gasteiger partial charge in [-0.1, -0.05) is 6.07 Å². The standard InChI is InChI=1S/C20H16N6O2/c1-12-15-9-13(4-7-16(15)22-10-21-12)18-19(17-3-2-8-28-17)23-20(25-24-18)26(11-27)14-5-6-14/h2-4,7-11,14H,5-6H2,1H3. The molecule has 0 aliphatic heterocycles. The Hall–Kier alpha value is -3.68. The zero-order valence-corrected chi connectivity index (χ0v) is 15.1. The fourth-order valence-corrected chi connectivity index (χ4v) is 3.19. The van der Waals surface area contributed by atoms with E-state index in [1.54, 1.807) is 18.7 Å². The minimum absolute atomic E-state index is 0.148. The summed E-state index contributed by atoms with van der Waals surface area (Å²) in [6, 6.07) is 9.57. The number of hydrogen-bond donors (Lipinski definition) is 0. The lowest BCUT2D eigenvalue weighted by atomic mass is 10.0. The van der Waals surface area contributed by atoms with Gasteiger partial charge in [0.15, 0.2) is 5.76 Å². The summed E-state index contributed by atoms with van der Waals surface area (Å²) in [6.45, 7) is 1.94. The van der Waals surface area contributed by atoms with E-state index in [1.807, 2.05) is 31.2 Å². The van der Waals surface area contributed by atoms with Gasteiger partial charge in [-0.05, 0) is 44.0 Å². The Morgan fingerprint density at radius 3 is 2.79 bits per heavy atom. The quantitative estimate of drug-likeness (QED) is 0.496. The maximum Gasteiger partial charge on any atom is 0.252 e. The molecule has 0 saturated heterocycles. The van der Waals surface area contributed by atoms with E-state index in [1.165, 1.54) is 4.90 Å². The number of rotatable bonds is 5. The Balaban J connectivity index is 1.68. The number of anilines is 1. The second-order valence-electron chi connectivity index (χ2n) is 6.72. The van der Waals surface area contributed by atoms with Gasteiger partial charge in [-0.25, -0.2) is 15.0 Å². The van der Waals surface area contributed by atoms with Crippen molar-refractivity contribution >= 4 is 23.3 Å². The molecule has 1 aromatic carbocycles. The average molecular weight is 372 g/mol. The van der Waals surface area contributed by atoms with Crippen molar-refractivity contribution in [3.05, 3.63) is 48.6 Å². The largest absolute Gasteiger partial charge is 0.463 e. The van der Waals surface area contributed by atoms with Crippen molar-refractivity contribution < 1.29 is 9.21 Å². The molecule has 0 bridgehead atoms. The molecule has 1 fully saturated rings. The van der Waals surface area contributed by atoms with E-state index in [0.29, 0.717) is 17.1 Å². The number of carbonyl (C=O) groups excluding carboxylic acids is 1. The molecule has 1 aliphatic carbocycles. The summed E-state index contributed by atoms with van der Waals surface area (Å²) < 4.78 is 5.58. The van der Waals surface area contributed by atoms with Gasteiger partial charge < -0.3 is 4.42 Å². The van der Waals surface area contributed by atoms with Gasteiger partial charge in [-0.15, -0.1) is 10.2 Å². The van der Waals surface area contributed by atoms with Gasteiger partial charge in [0, 0.05) is 22.7 Å². The third kappa shape index (κ3) is 2.79. The first-order chi connectivity index (χ1) is 13.7. The molecule has 138 valence electrons. The number of carbonyl (C=O) groups is 1. The smallest absolute Gasteiger partial charge is 0.252 e. The second kappa shape index (κ2) is 6.49. The Morgan fingerprint density at radius 1 is 1.14 bits per heavy atom. The molecule has 5 rings (SSSR count). The Bertz CT molecular complexity index is 1170. The maximum atomic E-state index is 11.5. The normalized spacial score (nSPS) is 13.6. The van der Waals surface area contributed by atoms with E-state index in [-0.39, 0.29) is 12.0 Å². The van der Waals surface area contributed by atoms with Crippen molar-refractivity contribution in [3.8, 4) is 22.7 Å². The van der Waals surface area contributed by atoms with Crippen molar-refractivity contribution in [2.45, 2.75) is 25.8 Å². The van der Waals surface area contributed by atoms with Gasteiger partial charge in [0.1, 0.15) is 17.7 Å². The summed E-state index contributed by atoms with van der Waals surface area (Å²) >= 11 is 0. The first-order valence-electron chi connectivity index (χ1n) is 8.98. The van der Waals surface area contributed by atoms with Crippen molar-refractivity contribution in [1.29, 1.82) is 0 Å². The molecular formula is C20H16N6O2. The van der Waals surface area contributed by atoms with Crippen LogP contribution in [0.5, 0.6) is 0 Å². The van der Waals surface area contributed by atoms with Gasteiger partial charge in [-0.3, -0.25) is 9.69 Å². The van der Waals surface area contributed by atoms with E-state index < -0.39 is 0 Å². The van der Waals surface area contributed by atoms with Crippen LogP contribution >= 0.6 is 0 Å². The van der Waals surface area contributed by atoms with E-state index in [0.717, 1.165) is 41.4 Å². The Labute approximate surface area is 160 Å². The molecule has 0 radical (unpaired) electrons. The van der Waals surface area contributed by atoms with Gasteiger partial charge in [0.05, 0.1) is 11.8 Å². The van der Waals surface area contributed by atoms with E-state index in [2.05, 4.69) is 25.1 Å². The number of aryl methyl sites for hydroxylation is 1. The monoisotopic (exact) mass is 372 g/mol. The fourth-order valence-electron chi connectivity index (χ4n) is 3.19. The molecular weight excluding hydrogens is 356 g/mol. The van der Waals surface area contributed by atoms with Crippen LogP contribution in [0.3, 0.4) is 0 Å². The number of fused-ring (bicyclic) bond motifs is 1. The number of nitrogens with zero attached hydrogens (tertiary/aromatic N) is 6. The summed E-state index contributed by atoms with van der Waals surface area (Å²) in [5.74, 6) is 0.849. The predicted octanol–water partition coefficient (Wildman–Crippen LogP) is 3.18. The average Bonchev–Trinajstić information content (AvgIpc) is 3.40. The molecule has 0 atom stereocenters. The highest BCUT2D eigenvalue weighted by Crippen LogP contribution is 2.34. The number of benzene rings is 1. The molecule has 28 heavy (non-hydrogen) atoms. The van der Waals surface area contributed by atoms with Gasteiger partial charge >= 0.3 is 0 Å². The molecule has 0 unspecified atom stereocenters. The molecule has 4 aromatic rings. The lowest BCUT2D eigenvalue weighted by Gasteiger charge is -2.15. The maximum absolute atomic E-state index is 11.5. The van der Waals surface area contributed by atoms with Crippen LogP contribution in [-0.4, -0.2) is 37.6 Å². The lowest BCUT2D eigenvalue weighted by Crippen LogP contribution is -2.26. The summed E-state index contributed by atoms with van der Waals surface area (Å²) in [4.78, 5) is 26.2. The van der Waals surface area contributed by atoms with Crippen molar-refractivity contribution in [1.82, 2.24) is 25.1 Å². The summed E-state index contributed by atoms with van der Waals surface area (Å²) in [7, 11) is 0.